The van der Waals surface area contributed by atoms with Crippen molar-refractivity contribution >= 4 is 18.3 Å². The summed E-state index contributed by atoms with van der Waals surface area (Å²) >= 11 is 0. The Morgan fingerprint density at radius 2 is 2.00 bits per heavy atom. The average molecular weight is 301 g/mol. The molecule has 2 rings (SSSR count). The van der Waals surface area contributed by atoms with E-state index in [2.05, 4.69) is 15.5 Å². The van der Waals surface area contributed by atoms with Gasteiger partial charge >= 0.3 is 0 Å². The fourth-order valence-electron chi connectivity index (χ4n) is 2.42. The van der Waals surface area contributed by atoms with Crippen molar-refractivity contribution in [1.82, 2.24) is 15.5 Å². The Bertz CT molecular complexity index is 516. The summed E-state index contributed by atoms with van der Waals surface area (Å²) in [6.45, 7) is 1.15. The Morgan fingerprint density at radius 1 is 1.30 bits per heavy atom. The highest BCUT2D eigenvalue weighted by Gasteiger charge is 2.19. The van der Waals surface area contributed by atoms with Gasteiger partial charge in [-0.1, -0.05) is 0 Å². The summed E-state index contributed by atoms with van der Waals surface area (Å²) in [7, 11) is 0. The van der Waals surface area contributed by atoms with Gasteiger partial charge in [0, 0.05) is 12.1 Å². The molecule has 1 amide bonds. The van der Waals surface area contributed by atoms with Crippen molar-refractivity contribution in [3.05, 3.63) is 27.2 Å². The number of hydrogen-bond acceptors (Lipinski definition) is 4. The molecule has 0 aliphatic heterocycles. The van der Waals surface area contributed by atoms with E-state index in [0.29, 0.717) is 18.8 Å². The first kappa shape index (κ1) is 16.7. The van der Waals surface area contributed by atoms with Gasteiger partial charge in [-0.25, -0.2) is 5.10 Å². The van der Waals surface area contributed by atoms with Gasteiger partial charge in [0.2, 0.25) is 5.91 Å². The first-order valence-electron chi connectivity index (χ1n) is 6.78. The molecule has 0 aromatic carbocycles. The Balaban J connectivity index is 0.00000200. The van der Waals surface area contributed by atoms with Gasteiger partial charge in [-0.15, -0.1) is 12.4 Å². The number of carbonyl (C=O) groups excluding carboxylic acids is 1. The van der Waals surface area contributed by atoms with Gasteiger partial charge < -0.3 is 11.1 Å². The van der Waals surface area contributed by atoms with Crippen LogP contribution in [0.5, 0.6) is 0 Å². The minimum absolute atomic E-state index is 0. The number of aromatic nitrogens is 2. The molecule has 0 spiro atoms. The lowest BCUT2D eigenvalue weighted by Crippen LogP contribution is -2.30. The highest BCUT2D eigenvalue weighted by Crippen LogP contribution is 2.20. The summed E-state index contributed by atoms with van der Waals surface area (Å²) in [4.78, 5) is 23.5. The summed E-state index contributed by atoms with van der Waals surface area (Å²) in [5.41, 5.74) is 7.76. The highest BCUT2D eigenvalue weighted by atomic mass is 35.5. The lowest BCUT2D eigenvalue weighted by molar-refractivity contribution is -0.120. The van der Waals surface area contributed by atoms with Gasteiger partial charge in [-0.05, 0) is 44.2 Å². The standard InChI is InChI=1S/C13H20N4O2.ClH/c14-6-3-7-15-12(18)8-11-9-4-1-2-5-10(9)13(19)17-16-11;/h1-8,14H2,(H,15,18)(H,17,19);1H. The number of aromatic amines is 1. The van der Waals surface area contributed by atoms with E-state index >= 15 is 0 Å². The first-order valence-corrected chi connectivity index (χ1v) is 6.78. The van der Waals surface area contributed by atoms with Gasteiger partial charge in [-0.2, -0.15) is 5.10 Å². The minimum Gasteiger partial charge on any atom is -0.356 e. The van der Waals surface area contributed by atoms with Crippen LogP contribution >= 0.6 is 12.4 Å². The number of H-pyrrole nitrogens is 1. The predicted molar refractivity (Wildman–Crippen MR) is 79.1 cm³/mol. The molecular formula is C13H21ClN4O2. The Morgan fingerprint density at radius 3 is 2.70 bits per heavy atom. The van der Waals surface area contributed by atoms with Crippen LogP contribution in [-0.4, -0.2) is 29.2 Å². The SMILES string of the molecule is Cl.NCCCNC(=O)Cc1n[nH]c(=O)c2c1CCCC2. The molecule has 112 valence electrons. The van der Waals surface area contributed by atoms with E-state index in [-0.39, 0.29) is 30.3 Å². The monoisotopic (exact) mass is 300 g/mol. The number of fused-ring (bicyclic) bond motifs is 1. The third-order valence-corrected chi connectivity index (χ3v) is 3.41. The number of nitrogens with two attached hydrogens (primary N) is 1. The van der Waals surface area contributed by atoms with Crippen molar-refractivity contribution in [1.29, 1.82) is 0 Å². The largest absolute Gasteiger partial charge is 0.356 e. The maximum atomic E-state index is 11.8. The lowest BCUT2D eigenvalue weighted by Gasteiger charge is -2.17. The van der Waals surface area contributed by atoms with E-state index in [1.54, 1.807) is 0 Å². The number of rotatable bonds is 5. The fourth-order valence-corrected chi connectivity index (χ4v) is 2.42. The zero-order chi connectivity index (χ0) is 13.7. The average Bonchev–Trinajstić information content (AvgIpc) is 2.43. The molecule has 0 bridgehead atoms. The van der Waals surface area contributed by atoms with Crippen molar-refractivity contribution in [3.8, 4) is 0 Å². The van der Waals surface area contributed by atoms with Gasteiger partial charge in [-0.3, -0.25) is 9.59 Å². The summed E-state index contributed by atoms with van der Waals surface area (Å²) in [5.74, 6) is -0.0687. The number of carbonyl (C=O) groups is 1. The van der Waals surface area contributed by atoms with Gasteiger partial charge in [0.05, 0.1) is 12.1 Å². The third-order valence-electron chi connectivity index (χ3n) is 3.41. The molecule has 0 unspecified atom stereocenters. The van der Waals surface area contributed by atoms with Crippen LogP contribution in [0.15, 0.2) is 4.79 Å². The van der Waals surface area contributed by atoms with Crippen LogP contribution in [0, 0.1) is 0 Å². The zero-order valence-corrected chi connectivity index (χ0v) is 12.2. The summed E-state index contributed by atoms with van der Waals surface area (Å²) in [6.07, 6.45) is 4.71. The van der Waals surface area contributed by atoms with E-state index < -0.39 is 0 Å². The quantitative estimate of drug-likeness (QED) is 0.670. The summed E-state index contributed by atoms with van der Waals surface area (Å²) in [6, 6.07) is 0. The van der Waals surface area contributed by atoms with Crippen LogP contribution < -0.4 is 16.6 Å². The minimum atomic E-state index is -0.109. The normalized spacial score (nSPS) is 13.2. The van der Waals surface area contributed by atoms with Crippen molar-refractivity contribution in [3.63, 3.8) is 0 Å². The summed E-state index contributed by atoms with van der Waals surface area (Å²) < 4.78 is 0. The van der Waals surface area contributed by atoms with Crippen LogP contribution in [-0.2, 0) is 24.1 Å². The molecule has 1 heterocycles. The predicted octanol–water partition coefficient (Wildman–Crippen LogP) is 0.0780. The van der Waals surface area contributed by atoms with Crippen LogP contribution in [0.2, 0.25) is 0 Å². The van der Waals surface area contributed by atoms with E-state index in [0.717, 1.165) is 43.2 Å². The van der Waals surface area contributed by atoms with Crippen LogP contribution in [0.1, 0.15) is 36.1 Å². The number of nitrogens with one attached hydrogen (secondary N) is 2. The van der Waals surface area contributed by atoms with E-state index in [1.165, 1.54) is 0 Å². The maximum absolute atomic E-state index is 11.8. The first-order chi connectivity index (χ1) is 9.22. The Hall–Kier alpha value is -1.40. The second kappa shape index (κ2) is 8.01. The molecule has 0 fully saturated rings. The smallest absolute Gasteiger partial charge is 0.267 e. The van der Waals surface area contributed by atoms with Crippen molar-refractivity contribution in [2.24, 2.45) is 5.73 Å². The molecule has 1 aliphatic carbocycles. The number of halogens is 1. The van der Waals surface area contributed by atoms with Crippen LogP contribution in [0.25, 0.3) is 0 Å². The lowest BCUT2D eigenvalue weighted by atomic mass is 9.91. The molecule has 0 saturated heterocycles. The van der Waals surface area contributed by atoms with Crippen molar-refractivity contribution < 1.29 is 4.79 Å². The molecule has 4 N–H and O–H groups in total. The van der Waals surface area contributed by atoms with Gasteiger partial charge in [0.25, 0.3) is 5.56 Å². The molecule has 6 nitrogen and oxygen atoms in total. The van der Waals surface area contributed by atoms with Gasteiger partial charge in [0.15, 0.2) is 0 Å². The molecule has 1 aromatic rings. The van der Waals surface area contributed by atoms with Crippen LogP contribution in [0.4, 0.5) is 0 Å². The number of amides is 1. The van der Waals surface area contributed by atoms with Crippen LogP contribution in [0.3, 0.4) is 0 Å². The zero-order valence-electron chi connectivity index (χ0n) is 11.4. The Kier molecular flexibility index (Phi) is 6.67. The van der Waals surface area contributed by atoms with E-state index in [9.17, 15) is 9.59 Å². The molecule has 20 heavy (non-hydrogen) atoms. The van der Waals surface area contributed by atoms with Gasteiger partial charge in [0.1, 0.15) is 0 Å². The fraction of sp³-hybridized carbons (Fsp3) is 0.615. The van der Waals surface area contributed by atoms with E-state index in [1.807, 2.05) is 0 Å². The second-order valence-corrected chi connectivity index (χ2v) is 4.83. The Labute approximate surface area is 123 Å². The maximum Gasteiger partial charge on any atom is 0.267 e. The molecule has 0 atom stereocenters. The number of nitrogens with zero attached hydrogens (tertiary/aromatic N) is 1. The molecule has 0 saturated carbocycles. The number of hydrogen-bond donors (Lipinski definition) is 3. The van der Waals surface area contributed by atoms with Crippen molar-refractivity contribution in [2.45, 2.75) is 38.5 Å². The van der Waals surface area contributed by atoms with Crippen molar-refractivity contribution in [2.75, 3.05) is 13.1 Å². The molecular weight excluding hydrogens is 280 g/mol. The topological polar surface area (TPSA) is 101 Å². The van der Waals surface area contributed by atoms with E-state index in [4.69, 9.17) is 5.73 Å². The molecule has 0 radical (unpaired) electrons. The molecule has 1 aromatic heterocycles. The highest BCUT2D eigenvalue weighted by molar-refractivity contribution is 5.85. The summed E-state index contributed by atoms with van der Waals surface area (Å²) in [5, 5.41) is 9.33. The molecule has 7 heteroatoms. The third kappa shape index (κ3) is 4.05. The second-order valence-electron chi connectivity index (χ2n) is 4.83. The molecule has 1 aliphatic rings.